The molecular formula is C11H15F3N2. The number of unbranched alkanes of at least 4 members (excludes halogenated alkanes) is 1. The van der Waals surface area contributed by atoms with Crippen LogP contribution in [0.15, 0.2) is 12.1 Å². The number of nitrogens with two attached hydrogens (primary N) is 2. The van der Waals surface area contributed by atoms with E-state index in [-0.39, 0.29) is 16.9 Å². The molecule has 16 heavy (non-hydrogen) atoms. The molecule has 0 aliphatic carbocycles. The normalized spacial score (nSPS) is 11.8. The number of hydrogen-bond acceptors (Lipinski definition) is 2. The molecule has 0 aromatic heterocycles. The number of benzene rings is 1. The predicted octanol–water partition coefficient (Wildman–Crippen LogP) is 3.21. The van der Waals surface area contributed by atoms with Crippen LogP contribution in [0.3, 0.4) is 0 Å². The lowest BCUT2D eigenvalue weighted by Gasteiger charge is -2.16. The molecule has 1 rings (SSSR count). The zero-order valence-electron chi connectivity index (χ0n) is 9.06. The summed E-state index contributed by atoms with van der Waals surface area (Å²) >= 11 is 0. The maximum absolute atomic E-state index is 12.7. The van der Waals surface area contributed by atoms with Crippen molar-refractivity contribution in [2.45, 2.75) is 32.4 Å². The summed E-state index contributed by atoms with van der Waals surface area (Å²) in [7, 11) is 0. The van der Waals surface area contributed by atoms with Crippen LogP contribution in [0.1, 0.15) is 30.9 Å². The smallest absolute Gasteiger partial charge is 0.397 e. The summed E-state index contributed by atoms with van der Waals surface area (Å²) < 4.78 is 38.1. The molecule has 0 radical (unpaired) electrons. The summed E-state index contributed by atoms with van der Waals surface area (Å²) in [5.41, 5.74) is 10.8. The number of halogens is 3. The van der Waals surface area contributed by atoms with Gasteiger partial charge in [0.1, 0.15) is 0 Å². The van der Waals surface area contributed by atoms with Gasteiger partial charge in [-0.1, -0.05) is 13.3 Å². The topological polar surface area (TPSA) is 52.0 Å². The van der Waals surface area contributed by atoms with Crippen LogP contribution in [0, 0.1) is 0 Å². The molecule has 0 aliphatic rings. The number of hydrogen-bond donors (Lipinski definition) is 2. The Balaban J connectivity index is 3.22. The molecule has 1 aromatic rings. The molecule has 4 N–H and O–H groups in total. The molecule has 0 aliphatic heterocycles. The minimum atomic E-state index is -4.37. The lowest BCUT2D eigenvalue weighted by molar-refractivity contribution is -0.138. The molecule has 5 heteroatoms. The van der Waals surface area contributed by atoms with Crippen LogP contribution in [0.4, 0.5) is 24.5 Å². The Labute approximate surface area is 92.4 Å². The highest BCUT2D eigenvalue weighted by Crippen LogP contribution is 2.37. The molecule has 0 atom stereocenters. The fraction of sp³-hybridized carbons (Fsp3) is 0.455. The molecule has 0 saturated carbocycles. The zero-order chi connectivity index (χ0) is 12.3. The van der Waals surface area contributed by atoms with Crippen LogP contribution >= 0.6 is 0 Å². The summed E-state index contributed by atoms with van der Waals surface area (Å²) in [6.07, 6.45) is -2.59. The van der Waals surface area contributed by atoms with Crippen molar-refractivity contribution in [2.75, 3.05) is 11.5 Å². The van der Waals surface area contributed by atoms with Gasteiger partial charge in [0.05, 0.1) is 16.9 Å². The predicted molar refractivity (Wildman–Crippen MR) is 58.9 cm³/mol. The number of rotatable bonds is 3. The van der Waals surface area contributed by atoms with E-state index >= 15 is 0 Å². The van der Waals surface area contributed by atoms with Crippen molar-refractivity contribution in [1.82, 2.24) is 0 Å². The van der Waals surface area contributed by atoms with Gasteiger partial charge in [-0.3, -0.25) is 0 Å². The van der Waals surface area contributed by atoms with E-state index in [0.29, 0.717) is 12.8 Å². The molecular weight excluding hydrogens is 217 g/mol. The third-order valence-electron chi connectivity index (χ3n) is 2.48. The monoisotopic (exact) mass is 232 g/mol. The zero-order valence-corrected chi connectivity index (χ0v) is 9.06. The fourth-order valence-corrected chi connectivity index (χ4v) is 1.57. The van der Waals surface area contributed by atoms with Gasteiger partial charge < -0.3 is 11.5 Å². The number of nitrogen functional groups attached to an aromatic ring is 2. The van der Waals surface area contributed by atoms with Crippen LogP contribution in [0.5, 0.6) is 0 Å². The van der Waals surface area contributed by atoms with Gasteiger partial charge in [0.25, 0.3) is 0 Å². The average Bonchev–Trinajstić information content (AvgIpc) is 2.18. The van der Waals surface area contributed by atoms with Crippen molar-refractivity contribution in [3.8, 4) is 0 Å². The molecule has 0 heterocycles. The van der Waals surface area contributed by atoms with E-state index in [1.807, 2.05) is 6.92 Å². The van der Waals surface area contributed by atoms with E-state index in [2.05, 4.69) is 0 Å². The highest BCUT2D eigenvalue weighted by molar-refractivity contribution is 5.69. The third kappa shape index (κ3) is 2.59. The van der Waals surface area contributed by atoms with Crippen LogP contribution < -0.4 is 11.5 Å². The van der Waals surface area contributed by atoms with Crippen molar-refractivity contribution in [1.29, 1.82) is 0 Å². The standard InChI is InChI=1S/C11H15F3N2/c1-2-3-4-7-8(11(12,13)14)5-6-9(15)10(7)16/h5-6H,2-4,15-16H2,1H3. The Bertz CT molecular complexity index is 372. The number of alkyl halides is 3. The first-order chi connectivity index (χ1) is 7.38. The molecule has 1 aromatic carbocycles. The lowest BCUT2D eigenvalue weighted by atomic mass is 9.98. The summed E-state index contributed by atoms with van der Waals surface area (Å²) in [6.45, 7) is 1.91. The molecule has 0 amide bonds. The maximum atomic E-state index is 12.7. The molecule has 0 saturated heterocycles. The first-order valence-electron chi connectivity index (χ1n) is 5.12. The Kier molecular flexibility index (Phi) is 3.67. The highest BCUT2D eigenvalue weighted by atomic mass is 19.4. The quantitative estimate of drug-likeness (QED) is 0.786. The van der Waals surface area contributed by atoms with E-state index in [0.717, 1.165) is 12.5 Å². The Morgan fingerprint density at radius 1 is 1.19 bits per heavy atom. The summed E-state index contributed by atoms with van der Waals surface area (Å²) in [6, 6.07) is 2.20. The SMILES string of the molecule is CCCCc1c(C(F)(F)F)ccc(N)c1N. The van der Waals surface area contributed by atoms with Crippen molar-refractivity contribution < 1.29 is 13.2 Å². The largest absolute Gasteiger partial charge is 0.416 e. The van der Waals surface area contributed by atoms with Gasteiger partial charge in [0, 0.05) is 0 Å². The minimum Gasteiger partial charge on any atom is -0.397 e. The molecule has 0 unspecified atom stereocenters. The van der Waals surface area contributed by atoms with Crippen LogP contribution in [-0.2, 0) is 12.6 Å². The van der Waals surface area contributed by atoms with Crippen molar-refractivity contribution >= 4 is 11.4 Å². The number of anilines is 2. The first kappa shape index (κ1) is 12.7. The van der Waals surface area contributed by atoms with Crippen LogP contribution in [0.25, 0.3) is 0 Å². The fourth-order valence-electron chi connectivity index (χ4n) is 1.57. The highest BCUT2D eigenvalue weighted by Gasteiger charge is 2.34. The van der Waals surface area contributed by atoms with Gasteiger partial charge in [-0.25, -0.2) is 0 Å². The maximum Gasteiger partial charge on any atom is 0.416 e. The van der Waals surface area contributed by atoms with Gasteiger partial charge in [-0.2, -0.15) is 13.2 Å². The average molecular weight is 232 g/mol. The lowest BCUT2D eigenvalue weighted by Crippen LogP contribution is -2.12. The van der Waals surface area contributed by atoms with Crippen molar-refractivity contribution in [2.24, 2.45) is 0 Å². The molecule has 0 bridgehead atoms. The van der Waals surface area contributed by atoms with Crippen LogP contribution in [0.2, 0.25) is 0 Å². The van der Waals surface area contributed by atoms with Gasteiger partial charge >= 0.3 is 6.18 Å². The summed E-state index contributed by atoms with van der Waals surface area (Å²) in [5.74, 6) is 0. The third-order valence-corrected chi connectivity index (χ3v) is 2.48. The second kappa shape index (κ2) is 4.63. The van der Waals surface area contributed by atoms with Gasteiger partial charge in [-0.15, -0.1) is 0 Å². The van der Waals surface area contributed by atoms with Crippen molar-refractivity contribution in [3.05, 3.63) is 23.3 Å². The van der Waals surface area contributed by atoms with Crippen LogP contribution in [-0.4, -0.2) is 0 Å². The molecule has 0 fully saturated rings. The van der Waals surface area contributed by atoms with E-state index < -0.39 is 11.7 Å². The van der Waals surface area contributed by atoms with Gasteiger partial charge in [0.2, 0.25) is 0 Å². The van der Waals surface area contributed by atoms with Gasteiger partial charge in [0.15, 0.2) is 0 Å². The molecule has 0 spiro atoms. The van der Waals surface area contributed by atoms with Gasteiger partial charge in [-0.05, 0) is 30.5 Å². The van der Waals surface area contributed by atoms with E-state index in [1.165, 1.54) is 6.07 Å². The summed E-state index contributed by atoms with van der Waals surface area (Å²) in [4.78, 5) is 0. The second-order valence-electron chi connectivity index (χ2n) is 3.70. The Morgan fingerprint density at radius 2 is 1.81 bits per heavy atom. The van der Waals surface area contributed by atoms with E-state index in [9.17, 15) is 13.2 Å². The minimum absolute atomic E-state index is 0.0586. The molecule has 2 nitrogen and oxygen atoms in total. The van der Waals surface area contributed by atoms with E-state index in [1.54, 1.807) is 0 Å². The summed E-state index contributed by atoms with van der Waals surface area (Å²) in [5, 5.41) is 0. The second-order valence-corrected chi connectivity index (χ2v) is 3.70. The van der Waals surface area contributed by atoms with Crippen molar-refractivity contribution in [3.63, 3.8) is 0 Å². The first-order valence-corrected chi connectivity index (χ1v) is 5.12. The Morgan fingerprint density at radius 3 is 2.31 bits per heavy atom. The van der Waals surface area contributed by atoms with E-state index in [4.69, 9.17) is 11.5 Å². The molecule has 90 valence electrons. The Hall–Kier alpha value is -1.39.